The van der Waals surface area contributed by atoms with Crippen molar-refractivity contribution in [2.75, 3.05) is 34.6 Å². The standard InChI is InChI=1S/C23H27NO5/c1-24-11-10-16-12-20-22(29-14-28-20)23(27-3)21(16)19(24)13-17(25)7-4-15-5-8-18(26-2)9-6-15/h5-6,8-9,12,19H,4,7,10-11,13-14H2,1-3H3. The van der Waals surface area contributed by atoms with E-state index >= 15 is 0 Å². The zero-order chi connectivity index (χ0) is 20.4. The van der Waals surface area contributed by atoms with E-state index in [9.17, 15) is 4.79 Å². The van der Waals surface area contributed by atoms with Crippen molar-refractivity contribution in [1.82, 2.24) is 4.90 Å². The number of Topliss-reactive ketones (excluding diaryl/α,β-unsaturated/α-hetero) is 1. The zero-order valence-corrected chi connectivity index (χ0v) is 17.2. The van der Waals surface area contributed by atoms with E-state index in [-0.39, 0.29) is 18.6 Å². The van der Waals surface area contributed by atoms with Crippen molar-refractivity contribution < 1.29 is 23.7 Å². The van der Waals surface area contributed by atoms with Crippen LogP contribution < -0.4 is 18.9 Å². The predicted octanol–water partition coefficient (Wildman–Crippen LogP) is 3.55. The second kappa shape index (κ2) is 8.33. The van der Waals surface area contributed by atoms with E-state index in [2.05, 4.69) is 11.9 Å². The Morgan fingerprint density at radius 1 is 1.17 bits per heavy atom. The Labute approximate surface area is 171 Å². The number of ether oxygens (including phenoxy) is 4. The number of rotatable bonds is 7. The number of fused-ring (bicyclic) bond motifs is 2. The number of hydrogen-bond acceptors (Lipinski definition) is 6. The fourth-order valence-corrected chi connectivity index (χ4v) is 4.18. The van der Waals surface area contributed by atoms with Gasteiger partial charge in [-0.15, -0.1) is 0 Å². The molecule has 0 fully saturated rings. The van der Waals surface area contributed by atoms with Crippen molar-refractivity contribution in [2.45, 2.75) is 31.7 Å². The van der Waals surface area contributed by atoms with E-state index in [1.807, 2.05) is 30.3 Å². The summed E-state index contributed by atoms with van der Waals surface area (Å²) < 4.78 is 22.1. The van der Waals surface area contributed by atoms with Crippen molar-refractivity contribution >= 4 is 5.78 Å². The van der Waals surface area contributed by atoms with Crippen LogP contribution in [0.1, 0.15) is 35.6 Å². The lowest BCUT2D eigenvalue weighted by molar-refractivity contribution is -0.120. The van der Waals surface area contributed by atoms with Crippen LogP contribution in [0.25, 0.3) is 0 Å². The van der Waals surface area contributed by atoms with Gasteiger partial charge in [-0.25, -0.2) is 0 Å². The molecule has 6 heteroatoms. The van der Waals surface area contributed by atoms with Crippen LogP contribution in [-0.4, -0.2) is 45.3 Å². The van der Waals surface area contributed by atoms with Gasteiger partial charge < -0.3 is 18.9 Å². The Bertz CT molecular complexity index is 893. The summed E-state index contributed by atoms with van der Waals surface area (Å²) in [6.07, 6.45) is 2.59. The van der Waals surface area contributed by atoms with Gasteiger partial charge in [0.15, 0.2) is 11.5 Å². The minimum atomic E-state index is -0.0217. The summed E-state index contributed by atoms with van der Waals surface area (Å²) in [5.41, 5.74) is 3.37. The van der Waals surface area contributed by atoms with Gasteiger partial charge in [-0.2, -0.15) is 0 Å². The molecule has 1 unspecified atom stereocenters. The van der Waals surface area contributed by atoms with E-state index in [1.165, 1.54) is 5.56 Å². The van der Waals surface area contributed by atoms with Crippen LogP contribution in [0.3, 0.4) is 0 Å². The molecule has 0 N–H and O–H groups in total. The maximum atomic E-state index is 12.8. The van der Waals surface area contributed by atoms with Crippen LogP contribution >= 0.6 is 0 Å². The first-order chi connectivity index (χ1) is 14.1. The van der Waals surface area contributed by atoms with Crippen molar-refractivity contribution in [3.8, 4) is 23.0 Å². The number of ketones is 1. The smallest absolute Gasteiger partial charge is 0.231 e. The van der Waals surface area contributed by atoms with E-state index in [4.69, 9.17) is 18.9 Å². The molecule has 2 heterocycles. The Hall–Kier alpha value is -2.73. The maximum absolute atomic E-state index is 12.8. The van der Waals surface area contributed by atoms with Gasteiger partial charge >= 0.3 is 0 Å². The minimum Gasteiger partial charge on any atom is -0.497 e. The van der Waals surface area contributed by atoms with Crippen LogP contribution in [0.5, 0.6) is 23.0 Å². The predicted molar refractivity (Wildman–Crippen MR) is 109 cm³/mol. The fourth-order valence-electron chi connectivity index (χ4n) is 4.18. The van der Waals surface area contributed by atoms with Crippen LogP contribution in [0.2, 0.25) is 0 Å². The first-order valence-corrected chi connectivity index (χ1v) is 9.95. The number of benzene rings is 2. The molecule has 0 saturated carbocycles. The molecular formula is C23H27NO5. The molecule has 2 aliphatic rings. The molecule has 29 heavy (non-hydrogen) atoms. The largest absolute Gasteiger partial charge is 0.497 e. The van der Waals surface area contributed by atoms with Crippen molar-refractivity contribution in [2.24, 2.45) is 0 Å². The van der Waals surface area contributed by atoms with E-state index < -0.39 is 0 Å². The van der Waals surface area contributed by atoms with Crippen molar-refractivity contribution in [3.05, 3.63) is 47.0 Å². The Balaban J connectivity index is 1.50. The second-order valence-electron chi connectivity index (χ2n) is 7.55. The highest BCUT2D eigenvalue weighted by Gasteiger charge is 2.34. The van der Waals surface area contributed by atoms with Gasteiger partial charge in [0.05, 0.1) is 14.2 Å². The highest BCUT2D eigenvalue weighted by atomic mass is 16.7. The normalized spacial score (nSPS) is 17.7. The van der Waals surface area contributed by atoms with E-state index in [1.54, 1.807) is 14.2 Å². The van der Waals surface area contributed by atoms with Crippen LogP contribution in [-0.2, 0) is 17.6 Å². The minimum absolute atomic E-state index is 0.0217. The van der Waals surface area contributed by atoms with Gasteiger partial charge in [0.25, 0.3) is 0 Å². The van der Waals surface area contributed by atoms with Crippen LogP contribution in [0, 0.1) is 0 Å². The lowest BCUT2D eigenvalue weighted by atomic mass is 9.87. The summed E-state index contributed by atoms with van der Waals surface area (Å²) >= 11 is 0. The summed E-state index contributed by atoms with van der Waals surface area (Å²) in [5, 5.41) is 0. The first-order valence-electron chi connectivity index (χ1n) is 9.95. The number of aryl methyl sites for hydroxylation is 1. The highest BCUT2D eigenvalue weighted by Crippen LogP contribution is 2.50. The number of carbonyl (C=O) groups excluding carboxylic acids is 1. The molecule has 0 aliphatic carbocycles. The summed E-state index contributed by atoms with van der Waals surface area (Å²) in [6, 6.07) is 9.90. The Morgan fingerprint density at radius 2 is 1.97 bits per heavy atom. The number of hydrogen-bond donors (Lipinski definition) is 0. The number of nitrogens with zero attached hydrogens (tertiary/aromatic N) is 1. The molecule has 0 saturated heterocycles. The molecule has 0 bridgehead atoms. The topological polar surface area (TPSA) is 57.2 Å². The molecule has 2 aliphatic heterocycles. The molecule has 0 spiro atoms. The third-order valence-corrected chi connectivity index (χ3v) is 5.82. The van der Waals surface area contributed by atoms with Crippen LogP contribution in [0.4, 0.5) is 0 Å². The molecule has 154 valence electrons. The highest BCUT2D eigenvalue weighted by molar-refractivity contribution is 5.80. The molecule has 4 rings (SSSR count). The van der Waals surface area contributed by atoms with Crippen LogP contribution in [0.15, 0.2) is 30.3 Å². The molecule has 0 aromatic heterocycles. The molecule has 2 aromatic rings. The van der Waals surface area contributed by atoms with Gasteiger partial charge in [0.2, 0.25) is 12.5 Å². The average Bonchev–Trinajstić information content (AvgIpc) is 3.21. The third-order valence-electron chi connectivity index (χ3n) is 5.82. The van der Waals surface area contributed by atoms with Gasteiger partial charge in [0, 0.05) is 31.0 Å². The number of likely N-dealkylation sites (N-methyl/N-ethyl adjacent to an activating group) is 1. The summed E-state index contributed by atoms with van der Waals surface area (Å²) in [4.78, 5) is 15.1. The molecule has 1 atom stereocenters. The third kappa shape index (κ3) is 3.90. The lowest BCUT2D eigenvalue weighted by Gasteiger charge is -2.35. The van der Waals surface area contributed by atoms with E-state index in [0.29, 0.717) is 24.3 Å². The van der Waals surface area contributed by atoms with Gasteiger partial charge in [-0.05, 0) is 49.2 Å². The number of carbonyl (C=O) groups is 1. The molecule has 0 radical (unpaired) electrons. The summed E-state index contributed by atoms with van der Waals surface area (Å²) in [5.74, 6) is 3.15. The van der Waals surface area contributed by atoms with Crippen molar-refractivity contribution in [1.29, 1.82) is 0 Å². The summed E-state index contributed by atoms with van der Waals surface area (Å²) in [7, 11) is 5.36. The van der Waals surface area contributed by atoms with Gasteiger partial charge in [-0.3, -0.25) is 9.69 Å². The van der Waals surface area contributed by atoms with Gasteiger partial charge in [-0.1, -0.05) is 12.1 Å². The second-order valence-corrected chi connectivity index (χ2v) is 7.55. The SMILES string of the molecule is COc1ccc(CCC(=O)CC2c3c(cc4c(c3OC)OCO4)CCN2C)cc1. The fraction of sp³-hybridized carbons (Fsp3) is 0.435. The Kier molecular flexibility index (Phi) is 5.62. The van der Waals surface area contributed by atoms with Gasteiger partial charge in [0.1, 0.15) is 11.5 Å². The zero-order valence-electron chi connectivity index (χ0n) is 17.2. The van der Waals surface area contributed by atoms with E-state index in [0.717, 1.165) is 42.0 Å². The quantitative estimate of drug-likeness (QED) is 0.712. The molecular weight excluding hydrogens is 370 g/mol. The maximum Gasteiger partial charge on any atom is 0.231 e. The summed E-state index contributed by atoms with van der Waals surface area (Å²) in [6.45, 7) is 1.10. The first kappa shape index (κ1) is 19.6. The molecule has 2 aromatic carbocycles. The monoisotopic (exact) mass is 397 g/mol. The molecule has 6 nitrogen and oxygen atoms in total. The number of methoxy groups -OCH3 is 2. The van der Waals surface area contributed by atoms with Crippen molar-refractivity contribution in [3.63, 3.8) is 0 Å². The Morgan fingerprint density at radius 3 is 2.69 bits per heavy atom. The lowest BCUT2D eigenvalue weighted by Crippen LogP contribution is -2.34. The average molecular weight is 397 g/mol. The molecule has 0 amide bonds.